The van der Waals surface area contributed by atoms with Crippen molar-refractivity contribution < 1.29 is 4.74 Å². The molecular formula is C10H11BrClNO. The van der Waals surface area contributed by atoms with Crippen LogP contribution in [0.3, 0.4) is 0 Å². The van der Waals surface area contributed by atoms with E-state index in [2.05, 4.69) is 27.0 Å². The number of aromatic nitrogens is 1. The normalized spacial score (nSPS) is 10.8. The Hall–Kier alpha value is -0.540. The average molecular weight is 277 g/mol. The molecule has 14 heavy (non-hydrogen) atoms. The van der Waals surface area contributed by atoms with Gasteiger partial charge in [0.15, 0.2) is 0 Å². The molecule has 0 unspecified atom stereocenters. The molecule has 0 aliphatic rings. The van der Waals surface area contributed by atoms with Crippen LogP contribution >= 0.6 is 27.5 Å². The van der Waals surface area contributed by atoms with E-state index >= 15 is 0 Å². The Morgan fingerprint density at radius 2 is 2.43 bits per heavy atom. The van der Waals surface area contributed by atoms with Crippen LogP contribution in [0.15, 0.2) is 18.3 Å². The van der Waals surface area contributed by atoms with Gasteiger partial charge in [-0.25, -0.2) is 4.98 Å². The third-order valence-electron chi connectivity index (χ3n) is 1.61. The smallest absolute Gasteiger partial charge is 0.232 e. The lowest BCUT2D eigenvalue weighted by molar-refractivity contribution is 0.398. The molecule has 2 nitrogen and oxygen atoms in total. The molecule has 4 heteroatoms. The van der Waals surface area contributed by atoms with Gasteiger partial charge >= 0.3 is 0 Å². The molecular weight excluding hydrogens is 265 g/mol. The van der Waals surface area contributed by atoms with Gasteiger partial charge in [0, 0.05) is 11.5 Å². The predicted octanol–water partition coefficient (Wildman–Crippen LogP) is 3.54. The average Bonchev–Trinajstić information content (AvgIpc) is 2.18. The van der Waals surface area contributed by atoms with E-state index in [1.165, 1.54) is 0 Å². The molecule has 0 saturated carbocycles. The van der Waals surface area contributed by atoms with E-state index < -0.39 is 0 Å². The fourth-order valence-electron chi connectivity index (χ4n) is 0.964. The van der Waals surface area contributed by atoms with Crippen LogP contribution in [-0.2, 0) is 0 Å². The Morgan fingerprint density at radius 3 is 3.00 bits per heavy atom. The summed E-state index contributed by atoms with van der Waals surface area (Å²) in [5, 5.41) is 1.49. The van der Waals surface area contributed by atoms with Gasteiger partial charge in [-0.15, -0.1) is 0 Å². The Kier molecular flexibility index (Phi) is 4.98. The zero-order chi connectivity index (χ0) is 10.4. The summed E-state index contributed by atoms with van der Waals surface area (Å²) in [7, 11) is 1.55. The van der Waals surface area contributed by atoms with E-state index in [9.17, 15) is 0 Å². The summed E-state index contributed by atoms with van der Waals surface area (Å²) in [6.07, 6.45) is 6.77. The molecule has 1 aromatic rings. The first-order chi connectivity index (χ1) is 6.77. The number of hydrogen-bond donors (Lipinski definition) is 0. The monoisotopic (exact) mass is 275 g/mol. The minimum Gasteiger partial charge on any atom is -0.480 e. The fraction of sp³-hybridized carbons (Fsp3) is 0.300. The molecule has 0 fully saturated rings. The molecule has 0 radical (unpaired) electrons. The molecule has 0 spiro atoms. The van der Waals surface area contributed by atoms with E-state index in [0.717, 1.165) is 17.3 Å². The van der Waals surface area contributed by atoms with E-state index in [0.29, 0.717) is 10.9 Å². The number of ether oxygens (including phenoxy) is 1. The molecule has 0 N–H and O–H groups in total. The van der Waals surface area contributed by atoms with E-state index in [1.54, 1.807) is 13.3 Å². The van der Waals surface area contributed by atoms with Crippen molar-refractivity contribution in [1.29, 1.82) is 0 Å². The van der Waals surface area contributed by atoms with Crippen molar-refractivity contribution in [3.8, 4) is 5.88 Å². The molecule has 0 aliphatic heterocycles. The molecule has 76 valence electrons. The van der Waals surface area contributed by atoms with Gasteiger partial charge in [0.1, 0.15) is 5.02 Å². The highest BCUT2D eigenvalue weighted by molar-refractivity contribution is 9.09. The summed E-state index contributed by atoms with van der Waals surface area (Å²) in [5.41, 5.74) is 0.983. The summed E-state index contributed by atoms with van der Waals surface area (Å²) in [5.74, 6) is 0.462. The van der Waals surface area contributed by atoms with Gasteiger partial charge < -0.3 is 4.74 Å². The van der Waals surface area contributed by atoms with Gasteiger partial charge in [0.25, 0.3) is 0 Å². The molecule has 0 amide bonds. The largest absolute Gasteiger partial charge is 0.480 e. The summed E-state index contributed by atoms with van der Waals surface area (Å²) >= 11 is 9.26. The van der Waals surface area contributed by atoms with Crippen LogP contribution in [0.2, 0.25) is 5.02 Å². The van der Waals surface area contributed by atoms with E-state index in [4.69, 9.17) is 16.3 Å². The maximum atomic E-state index is 5.91. The zero-order valence-electron chi connectivity index (χ0n) is 7.84. The molecule has 1 heterocycles. The second kappa shape index (κ2) is 6.04. The zero-order valence-corrected chi connectivity index (χ0v) is 10.2. The van der Waals surface area contributed by atoms with E-state index in [1.807, 2.05) is 12.1 Å². The predicted molar refractivity (Wildman–Crippen MR) is 63.2 cm³/mol. The summed E-state index contributed by atoms with van der Waals surface area (Å²) in [6.45, 7) is 0. The first kappa shape index (κ1) is 11.5. The van der Waals surface area contributed by atoms with E-state index in [-0.39, 0.29) is 0 Å². The van der Waals surface area contributed by atoms with Crippen LogP contribution in [0.4, 0.5) is 0 Å². The second-order valence-corrected chi connectivity index (χ2v) is 3.84. The van der Waals surface area contributed by atoms with Crippen molar-refractivity contribution in [2.24, 2.45) is 0 Å². The van der Waals surface area contributed by atoms with Crippen molar-refractivity contribution in [3.63, 3.8) is 0 Å². The Labute approximate surface area is 97.1 Å². The van der Waals surface area contributed by atoms with Crippen LogP contribution in [0.25, 0.3) is 6.08 Å². The second-order valence-electron chi connectivity index (χ2n) is 2.64. The van der Waals surface area contributed by atoms with Crippen molar-refractivity contribution in [1.82, 2.24) is 4.98 Å². The molecule has 0 bridgehead atoms. The lowest BCUT2D eigenvalue weighted by atomic mass is 10.2. The molecule has 0 aromatic carbocycles. The highest BCUT2D eigenvalue weighted by atomic mass is 79.9. The van der Waals surface area contributed by atoms with Gasteiger partial charge in [-0.05, 0) is 18.1 Å². The lowest BCUT2D eigenvalue weighted by Gasteiger charge is -2.01. The first-order valence-electron chi connectivity index (χ1n) is 4.20. The van der Waals surface area contributed by atoms with Gasteiger partial charge in [-0.1, -0.05) is 39.7 Å². The third-order valence-corrected chi connectivity index (χ3v) is 2.34. The van der Waals surface area contributed by atoms with Crippen LogP contribution in [0.5, 0.6) is 5.88 Å². The van der Waals surface area contributed by atoms with Gasteiger partial charge in [-0.2, -0.15) is 0 Å². The van der Waals surface area contributed by atoms with Crippen molar-refractivity contribution >= 4 is 33.6 Å². The molecule has 1 rings (SSSR count). The number of allylic oxidation sites excluding steroid dienone is 1. The van der Waals surface area contributed by atoms with Gasteiger partial charge in [0.05, 0.1) is 7.11 Å². The quantitative estimate of drug-likeness (QED) is 0.785. The third kappa shape index (κ3) is 3.31. The Morgan fingerprint density at radius 1 is 1.64 bits per heavy atom. The maximum absolute atomic E-state index is 5.91. The number of alkyl halides is 1. The van der Waals surface area contributed by atoms with Crippen molar-refractivity contribution in [2.45, 2.75) is 6.42 Å². The van der Waals surface area contributed by atoms with Crippen molar-refractivity contribution in [2.75, 3.05) is 12.4 Å². The number of rotatable bonds is 4. The number of methoxy groups -OCH3 is 1. The first-order valence-corrected chi connectivity index (χ1v) is 5.70. The van der Waals surface area contributed by atoms with Crippen LogP contribution in [-0.4, -0.2) is 17.4 Å². The number of halogens is 2. The number of pyridine rings is 1. The van der Waals surface area contributed by atoms with Crippen LogP contribution < -0.4 is 4.74 Å². The minimum atomic E-state index is 0.462. The molecule has 1 aromatic heterocycles. The lowest BCUT2D eigenvalue weighted by Crippen LogP contribution is -1.88. The fourth-order valence-corrected chi connectivity index (χ4v) is 1.48. The SMILES string of the molecule is COc1ncc(C=CCCBr)cc1Cl. The summed E-state index contributed by atoms with van der Waals surface area (Å²) in [6, 6.07) is 1.83. The Bertz CT molecular complexity index is 328. The van der Waals surface area contributed by atoms with Crippen LogP contribution in [0, 0.1) is 0 Å². The number of nitrogens with zero attached hydrogens (tertiary/aromatic N) is 1. The number of hydrogen-bond acceptors (Lipinski definition) is 2. The minimum absolute atomic E-state index is 0.462. The van der Waals surface area contributed by atoms with Crippen LogP contribution in [0.1, 0.15) is 12.0 Å². The summed E-state index contributed by atoms with van der Waals surface area (Å²) < 4.78 is 4.95. The Balaban J connectivity index is 2.76. The van der Waals surface area contributed by atoms with Gasteiger partial charge in [-0.3, -0.25) is 0 Å². The topological polar surface area (TPSA) is 22.1 Å². The molecule has 0 atom stereocenters. The molecule has 0 aliphatic carbocycles. The standard InChI is InChI=1S/C10H11BrClNO/c1-14-10-9(12)6-8(7-13-10)4-2-3-5-11/h2,4,6-7H,3,5H2,1H3. The maximum Gasteiger partial charge on any atom is 0.232 e. The highest BCUT2D eigenvalue weighted by Gasteiger charge is 2.00. The summed E-state index contributed by atoms with van der Waals surface area (Å²) in [4.78, 5) is 4.06. The van der Waals surface area contributed by atoms with Gasteiger partial charge in [0.2, 0.25) is 5.88 Å². The van der Waals surface area contributed by atoms with Crippen molar-refractivity contribution in [3.05, 3.63) is 28.9 Å². The molecule has 0 saturated heterocycles. The highest BCUT2D eigenvalue weighted by Crippen LogP contribution is 2.22.